The van der Waals surface area contributed by atoms with E-state index in [0.29, 0.717) is 24.9 Å². The molecule has 1 fully saturated rings. The molecule has 1 unspecified atom stereocenters. The molecule has 2 aromatic carbocycles. The van der Waals surface area contributed by atoms with Crippen LogP contribution in [-0.2, 0) is 11.2 Å². The molecule has 0 bridgehead atoms. The Balaban J connectivity index is 1.38. The number of nitrogens with zero attached hydrogens (tertiary/aromatic N) is 1. The second-order valence-electron chi connectivity index (χ2n) is 7.92. The first kappa shape index (κ1) is 18.2. The summed E-state index contributed by atoms with van der Waals surface area (Å²) in [6.07, 6.45) is 3.28. The summed E-state index contributed by atoms with van der Waals surface area (Å²) < 4.78 is 0. The van der Waals surface area contributed by atoms with Crippen molar-refractivity contribution in [1.29, 1.82) is 0 Å². The third-order valence-electron chi connectivity index (χ3n) is 6.12. The largest absolute Gasteiger partial charge is 0.348 e. The van der Waals surface area contributed by atoms with E-state index in [1.807, 2.05) is 6.07 Å². The highest BCUT2D eigenvalue weighted by Crippen LogP contribution is 2.32. The van der Waals surface area contributed by atoms with Crippen molar-refractivity contribution < 1.29 is 4.79 Å². The highest BCUT2D eigenvalue weighted by molar-refractivity contribution is 5.78. The van der Waals surface area contributed by atoms with E-state index in [4.69, 9.17) is 5.73 Å². The highest BCUT2D eigenvalue weighted by Gasteiger charge is 2.34. The minimum absolute atomic E-state index is 0.126. The summed E-state index contributed by atoms with van der Waals surface area (Å²) in [4.78, 5) is 15.0. The van der Waals surface area contributed by atoms with Crippen molar-refractivity contribution in [3.63, 3.8) is 0 Å². The number of aryl methyl sites for hydroxylation is 1. The summed E-state index contributed by atoms with van der Waals surface area (Å²) in [7, 11) is 0. The second kappa shape index (κ2) is 8.24. The molecule has 4 nitrogen and oxygen atoms in total. The van der Waals surface area contributed by atoms with E-state index in [1.54, 1.807) is 0 Å². The van der Waals surface area contributed by atoms with Gasteiger partial charge in [0.2, 0.25) is 5.91 Å². The fraction of sp³-hybridized carbons (Fsp3) is 0.435. The van der Waals surface area contributed by atoms with Gasteiger partial charge >= 0.3 is 0 Å². The quantitative estimate of drug-likeness (QED) is 0.859. The number of likely N-dealkylation sites (tertiary alicyclic amines) is 1. The molecule has 3 atom stereocenters. The molecule has 1 aliphatic carbocycles. The van der Waals surface area contributed by atoms with Crippen molar-refractivity contribution in [2.24, 2.45) is 11.7 Å². The van der Waals surface area contributed by atoms with Gasteiger partial charge < -0.3 is 11.1 Å². The number of rotatable bonds is 5. The zero-order valence-electron chi connectivity index (χ0n) is 15.8. The number of carbonyl (C=O) groups is 1. The SMILES string of the molecule is NC[C@@H]1CN(CC(=O)NC2CCCc3ccccc32)C[C@H]1c1ccccc1. The number of amides is 1. The highest BCUT2D eigenvalue weighted by atomic mass is 16.2. The van der Waals surface area contributed by atoms with Gasteiger partial charge in [-0.2, -0.15) is 0 Å². The van der Waals surface area contributed by atoms with Gasteiger partial charge in [0.25, 0.3) is 0 Å². The summed E-state index contributed by atoms with van der Waals surface area (Å²) in [5.41, 5.74) is 10.0. The maximum absolute atomic E-state index is 12.7. The van der Waals surface area contributed by atoms with E-state index in [1.165, 1.54) is 16.7 Å². The number of hydrogen-bond donors (Lipinski definition) is 2. The number of hydrogen-bond acceptors (Lipinski definition) is 3. The van der Waals surface area contributed by atoms with Crippen molar-refractivity contribution in [3.8, 4) is 0 Å². The van der Waals surface area contributed by atoms with Crippen LogP contribution >= 0.6 is 0 Å². The third-order valence-corrected chi connectivity index (χ3v) is 6.12. The van der Waals surface area contributed by atoms with Gasteiger partial charge in [-0.25, -0.2) is 0 Å². The van der Waals surface area contributed by atoms with Gasteiger partial charge in [0, 0.05) is 19.0 Å². The van der Waals surface area contributed by atoms with Crippen molar-refractivity contribution in [1.82, 2.24) is 10.2 Å². The standard InChI is InChI=1S/C23H29N3O/c24-13-19-14-26(15-21(19)18-7-2-1-3-8-18)16-23(27)25-22-12-6-10-17-9-4-5-11-20(17)22/h1-5,7-9,11,19,21-22H,6,10,12-16,24H2,(H,25,27)/t19-,21+,22?/m1/s1. The van der Waals surface area contributed by atoms with Crippen molar-refractivity contribution >= 4 is 5.91 Å². The van der Waals surface area contributed by atoms with Crippen LogP contribution in [0.3, 0.4) is 0 Å². The molecule has 0 saturated carbocycles. The number of nitrogens with one attached hydrogen (secondary N) is 1. The normalized spacial score (nSPS) is 25.1. The summed E-state index contributed by atoms with van der Waals surface area (Å²) in [5, 5.41) is 3.28. The van der Waals surface area contributed by atoms with Crippen molar-refractivity contribution in [3.05, 3.63) is 71.3 Å². The van der Waals surface area contributed by atoms with Gasteiger partial charge in [-0.15, -0.1) is 0 Å². The summed E-state index contributed by atoms with van der Waals surface area (Å²) in [6.45, 7) is 2.91. The molecule has 0 radical (unpaired) electrons. The molecule has 4 heteroatoms. The van der Waals surface area contributed by atoms with E-state index >= 15 is 0 Å². The van der Waals surface area contributed by atoms with Crippen molar-refractivity contribution in [2.75, 3.05) is 26.2 Å². The molecular weight excluding hydrogens is 334 g/mol. The first-order valence-electron chi connectivity index (χ1n) is 10.1. The number of carbonyl (C=O) groups excluding carboxylic acids is 1. The molecule has 2 aliphatic rings. The first-order valence-corrected chi connectivity index (χ1v) is 10.1. The molecule has 1 aliphatic heterocycles. The molecule has 3 N–H and O–H groups in total. The van der Waals surface area contributed by atoms with Gasteiger partial charge in [-0.1, -0.05) is 54.6 Å². The molecule has 2 aromatic rings. The zero-order chi connectivity index (χ0) is 18.6. The number of nitrogens with two attached hydrogens (primary N) is 1. The molecule has 0 spiro atoms. The lowest BCUT2D eigenvalue weighted by Gasteiger charge is -2.27. The van der Waals surface area contributed by atoms with Crippen LogP contribution in [0.15, 0.2) is 54.6 Å². The van der Waals surface area contributed by atoms with Crippen molar-refractivity contribution in [2.45, 2.75) is 31.2 Å². The Labute approximate surface area is 161 Å². The maximum Gasteiger partial charge on any atom is 0.234 e. The molecule has 1 amide bonds. The fourth-order valence-electron chi connectivity index (χ4n) is 4.75. The Kier molecular flexibility index (Phi) is 5.55. The van der Waals surface area contributed by atoms with E-state index < -0.39 is 0 Å². The smallest absolute Gasteiger partial charge is 0.234 e. The molecule has 0 aromatic heterocycles. The monoisotopic (exact) mass is 363 g/mol. The number of fused-ring (bicyclic) bond motifs is 1. The van der Waals surface area contributed by atoms with Crippen LogP contribution in [0.2, 0.25) is 0 Å². The average molecular weight is 364 g/mol. The predicted octanol–water partition coefficient (Wildman–Crippen LogP) is 2.85. The predicted molar refractivity (Wildman–Crippen MR) is 108 cm³/mol. The lowest BCUT2D eigenvalue weighted by atomic mass is 9.88. The van der Waals surface area contributed by atoms with Crippen LogP contribution in [0.25, 0.3) is 0 Å². The van der Waals surface area contributed by atoms with Gasteiger partial charge in [-0.05, 0) is 48.4 Å². The Hall–Kier alpha value is -2.17. The Bertz CT molecular complexity index is 776. The summed E-state index contributed by atoms with van der Waals surface area (Å²) in [6, 6.07) is 19.2. The molecular formula is C23H29N3O. The van der Waals surface area contributed by atoms with Gasteiger partial charge in [0.1, 0.15) is 0 Å². The molecule has 4 rings (SSSR count). The maximum atomic E-state index is 12.7. The van der Waals surface area contributed by atoms with Crippen LogP contribution in [0.1, 0.15) is 41.5 Å². The first-order chi connectivity index (χ1) is 13.2. The second-order valence-corrected chi connectivity index (χ2v) is 7.92. The van der Waals surface area contributed by atoms with Gasteiger partial charge in [-0.3, -0.25) is 9.69 Å². The lowest BCUT2D eigenvalue weighted by Crippen LogP contribution is -2.39. The lowest BCUT2D eigenvalue weighted by molar-refractivity contribution is -0.122. The van der Waals surface area contributed by atoms with Crippen LogP contribution in [-0.4, -0.2) is 37.0 Å². The summed E-state index contributed by atoms with van der Waals surface area (Å²) in [5.74, 6) is 0.955. The molecule has 142 valence electrons. The minimum Gasteiger partial charge on any atom is -0.348 e. The van der Waals surface area contributed by atoms with Gasteiger partial charge in [0.15, 0.2) is 0 Å². The Morgan fingerprint density at radius 2 is 1.85 bits per heavy atom. The minimum atomic E-state index is 0.126. The van der Waals surface area contributed by atoms with E-state index in [9.17, 15) is 4.79 Å². The van der Waals surface area contributed by atoms with Crippen LogP contribution < -0.4 is 11.1 Å². The molecule has 1 saturated heterocycles. The Morgan fingerprint density at radius 1 is 1.07 bits per heavy atom. The fourth-order valence-corrected chi connectivity index (χ4v) is 4.75. The zero-order valence-corrected chi connectivity index (χ0v) is 15.8. The van der Waals surface area contributed by atoms with Gasteiger partial charge in [0.05, 0.1) is 12.6 Å². The van der Waals surface area contributed by atoms with E-state index in [2.05, 4.69) is 58.7 Å². The third kappa shape index (κ3) is 4.07. The average Bonchev–Trinajstić information content (AvgIpc) is 3.11. The van der Waals surface area contributed by atoms with E-state index in [-0.39, 0.29) is 11.9 Å². The van der Waals surface area contributed by atoms with Crippen LogP contribution in [0, 0.1) is 5.92 Å². The van der Waals surface area contributed by atoms with E-state index in [0.717, 1.165) is 32.4 Å². The molecule has 27 heavy (non-hydrogen) atoms. The number of benzene rings is 2. The summed E-state index contributed by atoms with van der Waals surface area (Å²) >= 11 is 0. The molecule has 1 heterocycles. The Morgan fingerprint density at radius 3 is 2.67 bits per heavy atom. The topological polar surface area (TPSA) is 58.4 Å². The van der Waals surface area contributed by atoms with Crippen LogP contribution in [0.4, 0.5) is 0 Å². The van der Waals surface area contributed by atoms with Crippen LogP contribution in [0.5, 0.6) is 0 Å².